The monoisotopic (exact) mass is 331 g/mol. The molecule has 8 heteroatoms. The summed E-state index contributed by atoms with van der Waals surface area (Å²) >= 11 is 0. The highest BCUT2D eigenvalue weighted by Gasteiger charge is 2.18. The second kappa shape index (κ2) is 7.41. The Morgan fingerprint density at radius 2 is 2.12 bits per heavy atom. The van der Waals surface area contributed by atoms with Crippen LogP contribution in [0.2, 0.25) is 0 Å². The van der Waals surface area contributed by atoms with Crippen molar-refractivity contribution in [1.82, 2.24) is 15.0 Å². The fraction of sp³-hybridized carbons (Fsp3) is 0.438. The molecule has 1 aliphatic heterocycles. The highest BCUT2D eigenvalue weighted by molar-refractivity contribution is 5.43. The lowest BCUT2D eigenvalue weighted by atomic mass is 10.1. The molecule has 24 heavy (non-hydrogen) atoms. The van der Waals surface area contributed by atoms with E-state index in [0.29, 0.717) is 11.6 Å². The minimum Gasteiger partial charge on any atom is -0.393 e. The normalized spacial score (nSPS) is 16.8. The Labute approximate surface area is 139 Å². The summed E-state index contributed by atoms with van der Waals surface area (Å²) in [4.78, 5) is 24.6. The molecule has 8 nitrogen and oxygen atoms in total. The van der Waals surface area contributed by atoms with E-state index in [9.17, 15) is 15.0 Å². The molecule has 2 aromatic heterocycles. The third kappa shape index (κ3) is 4.09. The van der Waals surface area contributed by atoms with Crippen molar-refractivity contribution in [3.05, 3.63) is 46.5 Å². The molecule has 128 valence electrons. The van der Waals surface area contributed by atoms with Gasteiger partial charge in [0, 0.05) is 37.6 Å². The first kappa shape index (κ1) is 16.4. The number of nitrogens with one attached hydrogen (secondary N) is 2. The molecule has 1 atom stereocenters. The van der Waals surface area contributed by atoms with Gasteiger partial charge >= 0.3 is 0 Å². The summed E-state index contributed by atoms with van der Waals surface area (Å²) in [6, 6.07) is 6.48. The number of aromatic nitrogens is 3. The molecule has 0 aliphatic carbocycles. The molecule has 0 amide bonds. The van der Waals surface area contributed by atoms with Gasteiger partial charge in [-0.2, -0.15) is 4.98 Å². The fourth-order valence-electron chi connectivity index (χ4n) is 2.66. The Morgan fingerprint density at radius 1 is 1.33 bits per heavy atom. The molecule has 1 unspecified atom stereocenters. The Hall–Kier alpha value is -2.45. The van der Waals surface area contributed by atoms with Crippen molar-refractivity contribution < 1.29 is 10.2 Å². The number of hydrogen-bond acceptors (Lipinski definition) is 7. The number of rotatable bonds is 5. The average molecular weight is 331 g/mol. The highest BCUT2D eigenvalue weighted by atomic mass is 16.3. The molecular formula is C16H21N5O3. The number of piperidine rings is 1. The molecule has 4 N–H and O–H groups in total. The largest absolute Gasteiger partial charge is 0.393 e. The van der Waals surface area contributed by atoms with Gasteiger partial charge in [-0.15, -0.1) is 0 Å². The van der Waals surface area contributed by atoms with Crippen LogP contribution in [0, 0.1) is 0 Å². The van der Waals surface area contributed by atoms with Crippen molar-refractivity contribution >= 4 is 11.8 Å². The van der Waals surface area contributed by atoms with E-state index in [2.05, 4.69) is 25.2 Å². The van der Waals surface area contributed by atoms with Crippen LogP contribution in [0.25, 0.3) is 0 Å². The van der Waals surface area contributed by atoms with Crippen LogP contribution in [0.5, 0.6) is 0 Å². The third-order valence-electron chi connectivity index (χ3n) is 4.03. The number of nitrogens with zero attached hydrogens (tertiary/aromatic N) is 3. The van der Waals surface area contributed by atoms with Crippen LogP contribution in [0.4, 0.5) is 11.8 Å². The smallest absolute Gasteiger partial charge is 0.248 e. The standard InChI is InChI=1S/C16H21N5O3/c22-11-5-8-21(9-6-11)14-4-7-17-16(20-14)18-10-13(23)12-2-1-3-15(24)19-12/h1-4,7,11,13,22-23H,5-6,8-10H2,(H,19,24)(H,17,18,20). The summed E-state index contributed by atoms with van der Waals surface area (Å²) in [5.74, 6) is 1.21. The second-order valence-electron chi connectivity index (χ2n) is 5.82. The molecule has 1 aliphatic rings. The Kier molecular flexibility index (Phi) is 5.07. The van der Waals surface area contributed by atoms with E-state index in [1.165, 1.54) is 6.07 Å². The number of hydrogen-bond donors (Lipinski definition) is 4. The van der Waals surface area contributed by atoms with Gasteiger partial charge in [-0.3, -0.25) is 4.79 Å². The van der Waals surface area contributed by atoms with E-state index in [0.717, 1.165) is 31.7 Å². The van der Waals surface area contributed by atoms with E-state index in [-0.39, 0.29) is 18.2 Å². The average Bonchev–Trinajstić information content (AvgIpc) is 2.60. The summed E-state index contributed by atoms with van der Waals surface area (Å²) in [6.45, 7) is 1.69. The zero-order valence-electron chi connectivity index (χ0n) is 13.2. The maximum Gasteiger partial charge on any atom is 0.248 e. The van der Waals surface area contributed by atoms with Crippen LogP contribution in [-0.2, 0) is 0 Å². The Balaban J connectivity index is 1.61. The van der Waals surface area contributed by atoms with Gasteiger partial charge in [-0.05, 0) is 25.0 Å². The van der Waals surface area contributed by atoms with Crippen LogP contribution in [0.1, 0.15) is 24.6 Å². The van der Waals surface area contributed by atoms with E-state index in [1.807, 2.05) is 6.07 Å². The SMILES string of the molecule is O=c1cccc(C(O)CNc2nccc(N3CCC(O)CC3)n2)[nH]1. The molecule has 3 heterocycles. The Morgan fingerprint density at radius 3 is 2.88 bits per heavy atom. The number of aliphatic hydroxyl groups excluding tert-OH is 2. The van der Waals surface area contributed by atoms with Crippen molar-refractivity contribution in [3.8, 4) is 0 Å². The van der Waals surface area contributed by atoms with Crippen molar-refractivity contribution in [2.45, 2.75) is 25.0 Å². The van der Waals surface area contributed by atoms with Crippen LogP contribution in [0.15, 0.2) is 35.3 Å². The number of aliphatic hydroxyl groups is 2. The van der Waals surface area contributed by atoms with Gasteiger partial charge < -0.3 is 25.4 Å². The van der Waals surface area contributed by atoms with Gasteiger partial charge in [-0.25, -0.2) is 4.98 Å². The van der Waals surface area contributed by atoms with Crippen molar-refractivity contribution in [2.75, 3.05) is 29.9 Å². The lowest BCUT2D eigenvalue weighted by molar-refractivity contribution is 0.145. The van der Waals surface area contributed by atoms with Gasteiger partial charge in [0.25, 0.3) is 0 Å². The minimum absolute atomic E-state index is 0.183. The second-order valence-corrected chi connectivity index (χ2v) is 5.82. The van der Waals surface area contributed by atoms with E-state index in [1.54, 1.807) is 18.3 Å². The van der Waals surface area contributed by atoms with Gasteiger partial charge in [0.05, 0.1) is 6.10 Å². The van der Waals surface area contributed by atoms with Crippen molar-refractivity contribution in [3.63, 3.8) is 0 Å². The van der Waals surface area contributed by atoms with Gasteiger partial charge in [0.1, 0.15) is 11.9 Å². The van der Waals surface area contributed by atoms with Crippen LogP contribution >= 0.6 is 0 Å². The van der Waals surface area contributed by atoms with E-state index < -0.39 is 6.10 Å². The third-order valence-corrected chi connectivity index (χ3v) is 4.03. The van der Waals surface area contributed by atoms with Gasteiger partial charge in [0.15, 0.2) is 0 Å². The molecular weight excluding hydrogens is 310 g/mol. The summed E-state index contributed by atoms with van der Waals surface area (Å²) in [5, 5.41) is 22.7. The zero-order chi connectivity index (χ0) is 16.9. The maximum atomic E-state index is 11.3. The van der Waals surface area contributed by atoms with Crippen LogP contribution in [-0.4, -0.2) is 50.9 Å². The van der Waals surface area contributed by atoms with Crippen molar-refractivity contribution in [2.24, 2.45) is 0 Å². The quantitative estimate of drug-likeness (QED) is 0.622. The fourth-order valence-corrected chi connectivity index (χ4v) is 2.66. The molecule has 1 fully saturated rings. The predicted molar refractivity (Wildman–Crippen MR) is 90.0 cm³/mol. The number of aromatic amines is 1. The number of H-pyrrole nitrogens is 1. The first-order valence-corrected chi connectivity index (χ1v) is 7.99. The molecule has 3 rings (SSSR count). The van der Waals surface area contributed by atoms with Crippen molar-refractivity contribution in [1.29, 1.82) is 0 Å². The van der Waals surface area contributed by atoms with Crippen LogP contribution < -0.4 is 15.8 Å². The predicted octanol–water partition coefficient (Wildman–Crippen LogP) is 0.271. The minimum atomic E-state index is -0.865. The Bertz CT molecular complexity index is 727. The molecule has 0 aromatic carbocycles. The topological polar surface area (TPSA) is 114 Å². The first-order valence-electron chi connectivity index (χ1n) is 7.99. The lowest BCUT2D eigenvalue weighted by Crippen LogP contribution is -2.36. The van der Waals surface area contributed by atoms with E-state index in [4.69, 9.17) is 0 Å². The summed E-state index contributed by atoms with van der Waals surface area (Å²) in [6.07, 6.45) is 2.02. The molecule has 0 bridgehead atoms. The molecule has 1 saturated heterocycles. The highest BCUT2D eigenvalue weighted by Crippen LogP contribution is 2.18. The lowest BCUT2D eigenvalue weighted by Gasteiger charge is -2.30. The summed E-state index contributed by atoms with van der Waals surface area (Å²) < 4.78 is 0. The van der Waals surface area contributed by atoms with Crippen LogP contribution in [0.3, 0.4) is 0 Å². The summed E-state index contributed by atoms with van der Waals surface area (Å²) in [5.41, 5.74) is 0.188. The molecule has 0 spiro atoms. The summed E-state index contributed by atoms with van der Waals surface area (Å²) in [7, 11) is 0. The van der Waals surface area contributed by atoms with Gasteiger partial charge in [0.2, 0.25) is 11.5 Å². The number of pyridine rings is 1. The maximum absolute atomic E-state index is 11.3. The number of anilines is 2. The molecule has 0 saturated carbocycles. The van der Waals surface area contributed by atoms with Gasteiger partial charge in [-0.1, -0.05) is 6.07 Å². The zero-order valence-corrected chi connectivity index (χ0v) is 13.2. The molecule has 2 aromatic rings. The first-order chi connectivity index (χ1) is 11.6. The molecule has 0 radical (unpaired) electrons. The van der Waals surface area contributed by atoms with E-state index >= 15 is 0 Å².